The number of hydrogen-bond donors (Lipinski definition) is 1. The SMILES string of the molecule is C=C(C1CCN(C(=O)c2ccc(C(=N)c3cccc(F)c3)c(C)c2)CC1)N(CC1(F)COC1)c1ccccc1C. The van der Waals surface area contributed by atoms with Gasteiger partial charge in [0.1, 0.15) is 5.82 Å². The summed E-state index contributed by atoms with van der Waals surface area (Å²) < 4.78 is 34.0. The van der Waals surface area contributed by atoms with Crippen LogP contribution in [0.4, 0.5) is 14.5 Å². The highest BCUT2D eigenvalue weighted by molar-refractivity contribution is 6.12. The number of ether oxygens (including phenoxy) is 1. The predicted octanol–water partition coefficient (Wildman–Crippen LogP) is 6.47. The largest absolute Gasteiger partial charge is 0.374 e. The Balaban J connectivity index is 1.25. The van der Waals surface area contributed by atoms with E-state index in [-0.39, 0.29) is 43.1 Å². The molecule has 2 heterocycles. The molecule has 2 aliphatic rings. The van der Waals surface area contributed by atoms with Crippen LogP contribution in [0.1, 0.15) is 45.5 Å². The van der Waals surface area contributed by atoms with Gasteiger partial charge in [-0.2, -0.15) is 0 Å². The van der Waals surface area contributed by atoms with E-state index in [1.165, 1.54) is 12.1 Å². The Morgan fingerprint density at radius 1 is 1.02 bits per heavy atom. The van der Waals surface area contributed by atoms with Crippen molar-refractivity contribution in [3.8, 4) is 0 Å². The Morgan fingerprint density at radius 2 is 1.75 bits per heavy atom. The maximum atomic E-state index is 15.2. The van der Waals surface area contributed by atoms with Gasteiger partial charge in [0.2, 0.25) is 0 Å². The van der Waals surface area contributed by atoms with E-state index in [0.717, 1.165) is 35.4 Å². The van der Waals surface area contributed by atoms with Crippen LogP contribution in [-0.2, 0) is 4.74 Å². The van der Waals surface area contributed by atoms with Crippen molar-refractivity contribution in [3.05, 3.63) is 113 Å². The minimum absolute atomic E-state index is 0.0545. The molecule has 40 heavy (non-hydrogen) atoms. The molecule has 3 aromatic carbocycles. The molecule has 5 nitrogen and oxygen atoms in total. The number of nitrogens with zero attached hydrogens (tertiary/aromatic N) is 2. The van der Waals surface area contributed by atoms with Crippen LogP contribution in [0.2, 0.25) is 0 Å². The summed E-state index contributed by atoms with van der Waals surface area (Å²) in [5, 5.41) is 8.52. The second kappa shape index (κ2) is 11.3. The number of benzene rings is 3. The Bertz CT molecular complexity index is 1440. The third-order valence-electron chi connectivity index (χ3n) is 8.03. The summed E-state index contributed by atoms with van der Waals surface area (Å²) in [5.41, 5.74) is 4.23. The summed E-state index contributed by atoms with van der Waals surface area (Å²) in [7, 11) is 0. The van der Waals surface area contributed by atoms with Crippen LogP contribution in [0, 0.1) is 31.0 Å². The molecule has 0 unspecified atom stereocenters. The summed E-state index contributed by atoms with van der Waals surface area (Å²) in [6.45, 7) is 9.83. The van der Waals surface area contributed by atoms with Crippen LogP contribution in [-0.4, -0.2) is 55.0 Å². The van der Waals surface area contributed by atoms with E-state index in [0.29, 0.717) is 29.8 Å². The number of halogens is 2. The fourth-order valence-electron chi connectivity index (χ4n) is 5.60. The zero-order valence-corrected chi connectivity index (χ0v) is 23.1. The van der Waals surface area contributed by atoms with Crippen molar-refractivity contribution in [2.75, 3.05) is 37.7 Å². The lowest BCUT2D eigenvalue weighted by atomic mass is 9.91. The first-order valence-corrected chi connectivity index (χ1v) is 13.7. The van der Waals surface area contributed by atoms with Crippen LogP contribution >= 0.6 is 0 Å². The normalized spacial score (nSPS) is 16.8. The number of anilines is 1. The highest BCUT2D eigenvalue weighted by Gasteiger charge is 2.42. The number of rotatable bonds is 8. The first-order chi connectivity index (χ1) is 19.1. The summed E-state index contributed by atoms with van der Waals surface area (Å²) in [6, 6.07) is 19.2. The lowest BCUT2D eigenvalue weighted by Gasteiger charge is -2.43. The summed E-state index contributed by atoms with van der Waals surface area (Å²) >= 11 is 0. The van der Waals surface area contributed by atoms with Crippen LogP contribution in [0.15, 0.2) is 79.0 Å². The number of nitrogens with one attached hydrogen (secondary N) is 1. The smallest absolute Gasteiger partial charge is 0.253 e. The number of alkyl halides is 1. The fourth-order valence-corrected chi connectivity index (χ4v) is 5.60. The number of likely N-dealkylation sites (tertiary alicyclic amines) is 1. The minimum atomic E-state index is -1.39. The molecular weight excluding hydrogens is 508 g/mol. The molecule has 1 amide bonds. The van der Waals surface area contributed by atoms with Crippen molar-refractivity contribution in [1.29, 1.82) is 5.41 Å². The van der Waals surface area contributed by atoms with Crippen molar-refractivity contribution in [1.82, 2.24) is 4.90 Å². The van der Waals surface area contributed by atoms with Crippen molar-refractivity contribution in [2.45, 2.75) is 32.4 Å². The predicted molar refractivity (Wildman–Crippen MR) is 154 cm³/mol. The molecule has 5 rings (SSSR count). The number of amides is 1. The van der Waals surface area contributed by atoms with Crippen LogP contribution < -0.4 is 4.90 Å². The number of carbonyl (C=O) groups excluding carboxylic acids is 1. The third-order valence-corrected chi connectivity index (χ3v) is 8.03. The summed E-state index contributed by atoms with van der Waals surface area (Å²) in [4.78, 5) is 17.2. The maximum absolute atomic E-state index is 15.2. The van der Waals surface area contributed by atoms with Crippen molar-refractivity contribution >= 4 is 17.3 Å². The Kier molecular flexibility index (Phi) is 7.86. The van der Waals surface area contributed by atoms with Gasteiger partial charge in [-0.25, -0.2) is 8.78 Å². The monoisotopic (exact) mass is 543 g/mol. The highest BCUT2D eigenvalue weighted by Crippen LogP contribution is 2.35. The Morgan fingerprint density at radius 3 is 2.38 bits per heavy atom. The van der Waals surface area contributed by atoms with Gasteiger partial charge < -0.3 is 14.5 Å². The number of allylic oxidation sites excluding steroid dienone is 1. The van der Waals surface area contributed by atoms with Crippen molar-refractivity contribution in [3.63, 3.8) is 0 Å². The Labute approximate surface area is 234 Å². The van der Waals surface area contributed by atoms with Gasteiger partial charge >= 0.3 is 0 Å². The standard InChI is InChI=1S/C33H35F2N3O2/c1-22-7-4-5-10-30(22)38(19-33(35)20-40-21-33)24(3)25-13-15-37(16-14-25)32(39)27-11-12-29(23(2)17-27)31(36)26-8-6-9-28(34)18-26/h4-12,17-18,25,36H,3,13-16,19-21H2,1-2H3. The Hall–Kier alpha value is -3.84. The van der Waals surface area contributed by atoms with Gasteiger partial charge in [-0.15, -0.1) is 0 Å². The number of hydrogen-bond acceptors (Lipinski definition) is 4. The molecule has 0 radical (unpaired) electrons. The van der Waals surface area contributed by atoms with Gasteiger partial charge in [-0.1, -0.05) is 43.0 Å². The molecule has 3 aromatic rings. The van der Waals surface area contributed by atoms with E-state index in [2.05, 4.69) is 6.58 Å². The van der Waals surface area contributed by atoms with E-state index in [1.807, 2.05) is 47.9 Å². The maximum Gasteiger partial charge on any atom is 0.253 e. The zero-order chi connectivity index (χ0) is 28.4. The summed E-state index contributed by atoms with van der Waals surface area (Å²) in [5.74, 6) is -0.314. The average Bonchev–Trinajstić information content (AvgIpc) is 2.94. The molecular formula is C33H35F2N3O2. The van der Waals surface area contributed by atoms with Crippen LogP contribution in [0.25, 0.3) is 0 Å². The molecule has 0 aromatic heterocycles. The highest BCUT2D eigenvalue weighted by atomic mass is 19.1. The van der Waals surface area contributed by atoms with E-state index in [4.69, 9.17) is 10.1 Å². The molecule has 208 valence electrons. The van der Waals surface area contributed by atoms with Gasteiger partial charge in [-0.05, 0) is 68.1 Å². The third kappa shape index (κ3) is 5.70. The molecule has 2 saturated heterocycles. The van der Waals surface area contributed by atoms with Gasteiger partial charge in [-0.3, -0.25) is 10.2 Å². The second-order valence-electron chi connectivity index (χ2n) is 11.0. The lowest BCUT2D eigenvalue weighted by Crippen LogP contribution is -2.54. The van der Waals surface area contributed by atoms with E-state index in [9.17, 15) is 9.18 Å². The topological polar surface area (TPSA) is 56.6 Å². The molecule has 0 bridgehead atoms. The quantitative estimate of drug-likeness (QED) is 0.332. The molecule has 0 spiro atoms. The fraction of sp³-hybridized carbons (Fsp3) is 0.333. The number of para-hydroxylation sites is 1. The second-order valence-corrected chi connectivity index (χ2v) is 11.0. The van der Waals surface area contributed by atoms with Gasteiger partial charge in [0.25, 0.3) is 5.91 Å². The van der Waals surface area contributed by atoms with Gasteiger partial charge in [0, 0.05) is 47.1 Å². The number of carbonyl (C=O) groups is 1. The van der Waals surface area contributed by atoms with Gasteiger partial charge in [0.15, 0.2) is 5.67 Å². The average molecular weight is 544 g/mol. The van der Waals surface area contributed by atoms with Crippen LogP contribution in [0.5, 0.6) is 0 Å². The van der Waals surface area contributed by atoms with E-state index in [1.54, 1.807) is 30.3 Å². The number of aryl methyl sites for hydroxylation is 2. The molecule has 2 aliphatic heterocycles. The van der Waals surface area contributed by atoms with E-state index >= 15 is 4.39 Å². The summed E-state index contributed by atoms with van der Waals surface area (Å²) in [6.07, 6.45) is 1.48. The molecule has 7 heteroatoms. The van der Waals surface area contributed by atoms with Crippen LogP contribution in [0.3, 0.4) is 0 Å². The zero-order valence-electron chi connectivity index (χ0n) is 23.1. The van der Waals surface area contributed by atoms with Gasteiger partial charge in [0.05, 0.1) is 25.5 Å². The minimum Gasteiger partial charge on any atom is -0.374 e. The lowest BCUT2D eigenvalue weighted by molar-refractivity contribution is -0.123. The van der Waals surface area contributed by atoms with Crippen molar-refractivity contribution in [2.24, 2.45) is 5.92 Å². The van der Waals surface area contributed by atoms with E-state index < -0.39 is 5.67 Å². The molecule has 2 fully saturated rings. The molecule has 0 saturated carbocycles. The van der Waals surface area contributed by atoms with Crippen molar-refractivity contribution < 1.29 is 18.3 Å². The molecule has 0 aliphatic carbocycles. The first-order valence-electron chi connectivity index (χ1n) is 13.7. The first kappa shape index (κ1) is 27.7. The number of piperidine rings is 1. The molecule has 0 atom stereocenters. The molecule has 1 N–H and O–H groups in total.